The summed E-state index contributed by atoms with van der Waals surface area (Å²) in [5.41, 5.74) is 1.04. The summed E-state index contributed by atoms with van der Waals surface area (Å²) in [6.45, 7) is -0.347. The maximum atomic E-state index is 12.3. The summed E-state index contributed by atoms with van der Waals surface area (Å²) in [6.07, 6.45) is 0. The smallest absolute Gasteiger partial charge is 0.349 e. The van der Waals surface area contributed by atoms with E-state index in [-0.39, 0.29) is 24.0 Å². The van der Waals surface area contributed by atoms with Crippen molar-refractivity contribution < 1.29 is 23.8 Å². The van der Waals surface area contributed by atoms with E-state index < -0.39 is 5.97 Å². The van der Waals surface area contributed by atoms with E-state index in [0.29, 0.717) is 27.0 Å². The SMILES string of the molecule is COc1ccc(NC(=O)c2ccc(OC(=O)COc3cc(Cl)ccc3Cl)cc2)cc1. The van der Waals surface area contributed by atoms with E-state index in [4.69, 9.17) is 37.4 Å². The van der Waals surface area contributed by atoms with Crippen molar-refractivity contribution in [3.8, 4) is 17.2 Å². The van der Waals surface area contributed by atoms with Crippen LogP contribution >= 0.6 is 23.2 Å². The summed E-state index contributed by atoms with van der Waals surface area (Å²) >= 11 is 11.9. The molecular formula is C22H17Cl2NO5. The standard InChI is InChI=1S/C22H17Cl2NO5/c1-28-17-9-5-16(6-10-17)25-22(27)14-2-7-18(8-3-14)30-21(26)13-29-20-12-15(23)4-11-19(20)24/h2-12H,13H2,1H3,(H,25,27). The van der Waals surface area contributed by atoms with Crippen molar-refractivity contribution in [1.29, 1.82) is 0 Å². The number of hydrogen-bond acceptors (Lipinski definition) is 5. The van der Waals surface area contributed by atoms with Gasteiger partial charge in [-0.25, -0.2) is 4.79 Å². The molecule has 154 valence electrons. The summed E-state index contributed by atoms with van der Waals surface area (Å²) < 4.78 is 15.6. The third kappa shape index (κ3) is 5.89. The van der Waals surface area contributed by atoms with E-state index in [1.54, 1.807) is 55.6 Å². The third-order valence-electron chi connectivity index (χ3n) is 3.93. The van der Waals surface area contributed by atoms with E-state index in [1.807, 2.05) is 0 Å². The van der Waals surface area contributed by atoms with E-state index in [1.165, 1.54) is 18.2 Å². The molecule has 0 aliphatic heterocycles. The van der Waals surface area contributed by atoms with E-state index in [2.05, 4.69) is 5.32 Å². The molecule has 8 heteroatoms. The van der Waals surface area contributed by atoms with Gasteiger partial charge >= 0.3 is 5.97 Å². The zero-order valence-electron chi connectivity index (χ0n) is 15.9. The molecule has 0 unspecified atom stereocenters. The second-order valence-electron chi connectivity index (χ2n) is 6.04. The number of rotatable bonds is 7. The average molecular weight is 446 g/mol. The molecule has 0 spiro atoms. The van der Waals surface area contributed by atoms with Crippen LogP contribution < -0.4 is 19.5 Å². The van der Waals surface area contributed by atoms with Gasteiger partial charge in [0.1, 0.15) is 17.2 Å². The Bertz CT molecular complexity index is 1040. The second-order valence-corrected chi connectivity index (χ2v) is 6.89. The van der Waals surface area contributed by atoms with E-state index in [9.17, 15) is 9.59 Å². The van der Waals surface area contributed by atoms with Crippen LogP contribution in [0.3, 0.4) is 0 Å². The van der Waals surface area contributed by atoms with Crippen LogP contribution in [0, 0.1) is 0 Å². The minimum absolute atomic E-state index is 0.279. The topological polar surface area (TPSA) is 73.9 Å². The number of hydrogen-bond donors (Lipinski definition) is 1. The van der Waals surface area contributed by atoms with Gasteiger partial charge in [-0.2, -0.15) is 0 Å². The van der Waals surface area contributed by atoms with E-state index >= 15 is 0 Å². The van der Waals surface area contributed by atoms with Crippen molar-refractivity contribution in [3.05, 3.63) is 82.3 Å². The Labute approximate surface area is 183 Å². The summed E-state index contributed by atoms with van der Waals surface area (Å²) in [7, 11) is 1.57. The van der Waals surface area contributed by atoms with Gasteiger partial charge in [0.25, 0.3) is 5.91 Å². The Morgan fingerprint density at radius 1 is 0.900 bits per heavy atom. The van der Waals surface area contributed by atoms with Crippen LogP contribution in [0.2, 0.25) is 10.0 Å². The van der Waals surface area contributed by atoms with Crippen LogP contribution in [0.5, 0.6) is 17.2 Å². The lowest BCUT2D eigenvalue weighted by molar-refractivity contribution is -0.136. The fraction of sp³-hybridized carbons (Fsp3) is 0.0909. The number of anilines is 1. The Balaban J connectivity index is 1.53. The van der Waals surface area contributed by atoms with E-state index in [0.717, 1.165) is 0 Å². The summed E-state index contributed by atoms with van der Waals surface area (Å²) in [5, 5.41) is 3.54. The second kappa shape index (κ2) is 10.0. The van der Waals surface area contributed by atoms with Gasteiger partial charge < -0.3 is 19.5 Å². The molecule has 0 aliphatic rings. The fourth-order valence-corrected chi connectivity index (χ4v) is 2.77. The van der Waals surface area contributed by atoms with Crippen molar-refractivity contribution in [2.24, 2.45) is 0 Å². The molecule has 0 fully saturated rings. The number of benzene rings is 3. The van der Waals surface area contributed by atoms with Crippen molar-refractivity contribution in [3.63, 3.8) is 0 Å². The molecule has 0 saturated heterocycles. The number of esters is 1. The quantitative estimate of drug-likeness (QED) is 0.397. The first-order valence-corrected chi connectivity index (χ1v) is 9.54. The fourth-order valence-electron chi connectivity index (χ4n) is 2.44. The average Bonchev–Trinajstić information content (AvgIpc) is 2.75. The van der Waals surface area contributed by atoms with Gasteiger partial charge in [0, 0.05) is 22.3 Å². The predicted octanol–water partition coefficient (Wildman–Crippen LogP) is 5.24. The highest BCUT2D eigenvalue weighted by molar-refractivity contribution is 6.34. The largest absolute Gasteiger partial charge is 0.497 e. The number of nitrogens with one attached hydrogen (secondary N) is 1. The first-order valence-electron chi connectivity index (χ1n) is 8.78. The molecule has 6 nitrogen and oxygen atoms in total. The molecule has 0 radical (unpaired) electrons. The highest BCUT2D eigenvalue weighted by atomic mass is 35.5. The molecule has 30 heavy (non-hydrogen) atoms. The molecule has 3 rings (SSSR count). The van der Waals surface area contributed by atoms with Crippen LogP contribution in [0.15, 0.2) is 66.7 Å². The third-order valence-corrected chi connectivity index (χ3v) is 4.48. The molecular weight excluding hydrogens is 429 g/mol. The predicted molar refractivity (Wildman–Crippen MR) is 115 cm³/mol. The molecule has 0 aliphatic carbocycles. The van der Waals surface area contributed by atoms with Crippen LogP contribution in [-0.2, 0) is 4.79 Å². The zero-order chi connectivity index (χ0) is 21.5. The summed E-state index contributed by atoms with van der Waals surface area (Å²) in [5.74, 6) is 0.340. The normalized spacial score (nSPS) is 10.2. The highest BCUT2D eigenvalue weighted by Gasteiger charge is 2.11. The first-order chi connectivity index (χ1) is 14.4. The first kappa shape index (κ1) is 21.5. The zero-order valence-corrected chi connectivity index (χ0v) is 17.4. The van der Waals surface area contributed by atoms with Gasteiger partial charge in [-0.05, 0) is 60.7 Å². The van der Waals surface area contributed by atoms with Crippen molar-refractivity contribution >= 4 is 40.8 Å². The minimum atomic E-state index is -0.624. The molecule has 3 aromatic rings. The van der Waals surface area contributed by atoms with Gasteiger partial charge in [-0.15, -0.1) is 0 Å². The van der Waals surface area contributed by atoms with Crippen molar-refractivity contribution in [2.75, 3.05) is 19.0 Å². The number of carbonyl (C=O) groups excluding carboxylic acids is 2. The van der Waals surface area contributed by atoms with Crippen LogP contribution in [-0.4, -0.2) is 25.6 Å². The lowest BCUT2D eigenvalue weighted by Gasteiger charge is -2.09. The number of methoxy groups -OCH3 is 1. The Kier molecular flexibility index (Phi) is 7.17. The number of amides is 1. The lowest BCUT2D eigenvalue weighted by atomic mass is 10.2. The Hall–Kier alpha value is -3.22. The molecule has 1 N–H and O–H groups in total. The Morgan fingerprint density at radius 2 is 1.57 bits per heavy atom. The monoisotopic (exact) mass is 445 g/mol. The molecule has 0 atom stereocenters. The summed E-state index contributed by atoms with van der Waals surface area (Å²) in [4.78, 5) is 24.3. The maximum Gasteiger partial charge on any atom is 0.349 e. The van der Waals surface area contributed by atoms with Gasteiger partial charge in [0.2, 0.25) is 0 Å². The minimum Gasteiger partial charge on any atom is -0.497 e. The number of ether oxygens (including phenoxy) is 3. The molecule has 0 saturated carbocycles. The van der Waals surface area contributed by atoms with Crippen LogP contribution in [0.4, 0.5) is 5.69 Å². The Morgan fingerprint density at radius 3 is 2.23 bits per heavy atom. The van der Waals surface area contributed by atoms with Crippen molar-refractivity contribution in [1.82, 2.24) is 0 Å². The maximum absolute atomic E-state index is 12.3. The number of halogens is 2. The highest BCUT2D eigenvalue weighted by Crippen LogP contribution is 2.27. The molecule has 0 heterocycles. The molecule has 0 aromatic heterocycles. The summed E-state index contributed by atoms with van der Waals surface area (Å²) in [6, 6.07) is 17.8. The van der Waals surface area contributed by atoms with Gasteiger partial charge in [0.15, 0.2) is 6.61 Å². The molecule has 1 amide bonds. The molecule has 3 aromatic carbocycles. The van der Waals surface area contributed by atoms with Gasteiger partial charge in [-0.1, -0.05) is 23.2 Å². The van der Waals surface area contributed by atoms with Crippen LogP contribution in [0.1, 0.15) is 10.4 Å². The van der Waals surface area contributed by atoms with Gasteiger partial charge in [-0.3, -0.25) is 4.79 Å². The van der Waals surface area contributed by atoms with Gasteiger partial charge in [0.05, 0.1) is 12.1 Å². The molecule has 0 bridgehead atoms. The number of carbonyl (C=O) groups is 2. The lowest BCUT2D eigenvalue weighted by Crippen LogP contribution is -2.18. The van der Waals surface area contributed by atoms with Crippen LogP contribution in [0.25, 0.3) is 0 Å². The van der Waals surface area contributed by atoms with Crippen molar-refractivity contribution in [2.45, 2.75) is 0 Å².